The SMILES string of the molecule is CNC(CSc1ccoc1C)c1ccc(C)c(C)c1. The highest BCUT2D eigenvalue weighted by Crippen LogP contribution is 2.28. The van der Waals surface area contributed by atoms with Crippen LogP contribution in [0.5, 0.6) is 0 Å². The second kappa shape index (κ2) is 6.31. The summed E-state index contributed by atoms with van der Waals surface area (Å²) < 4.78 is 5.33. The van der Waals surface area contributed by atoms with Crippen LogP contribution in [0.3, 0.4) is 0 Å². The lowest BCUT2D eigenvalue weighted by atomic mass is 10.0. The highest BCUT2D eigenvalue weighted by molar-refractivity contribution is 7.99. The van der Waals surface area contributed by atoms with Crippen LogP contribution in [-0.2, 0) is 0 Å². The van der Waals surface area contributed by atoms with Gasteiger partial charge in [-0.2, -0.15) is 0 Å². The summed E-state index contributed by atoms with van der Waals surface area (Å²) in [4.78, 5) is 1.23. The molecule has 1 atom stereocenters. The first-order chi connectivity index (χ1) is 9.11. The molecule has 0 bridgehead atoms. The molecule has 0 aliphatic carbocycles. The van der Waals surface area contributed by atoms with E-state index in [2.05, 4.69) is 37.4 Å². The molecule has 2 aromatic rings. The molecular formula is C16H21NOS. The largest absolute Gasteiger partial charge is 0.468 e. The molecule has 0 saturated heterocycles. The predicted molar refractivity (Wildman–Crippen MR) is 81.9 cm³/mol. The Hall–Kier alpha value is -1.19. The average Bonchev–Trinajstić information content (AvgIpc) is 2.80. The fourth-order valence-electron chi connectivity index (χ4n) is 2.02. The summed E-state index contributed by atoms with van der Waals surface area (Å²) in [6.07, 6.45) is 1.75. The molecular weight excluding hydrogens is 254 g/mol. The van der Waals surface area contributed by atoms with Gasteiger partial charge in [0.25, 0.3) is 0 Å². The van der Waals surface area contributed by atoms with Crippen molar-refractivity contribution in [3.05, 3.63) is 53.0 Å². The van der Waals surface area contributed by atoms with Crippen molar-refractivity contribution in [2.24, 2.45) is 0 Å². The van der Waals surface area contributed by atoms with Gasteiger partial charge in [0.2, 0.25) is 0 Å². The van der Waals surface area contributed by atoms with Crippen molar-refractivity contribution >= 4 is 11.8 Å². The highest BCUT2D eigenvalue weighted by atomic mass is 32.2. The first-order valence-electron chi connectivity index (χ1n) is 6.53. The van der Waals surface area contributed by atoms with Gasteiger partial charge >= 0.3 is 0 Å². The summed E-state index contributed by atoms with van der Waals surface area (Å²) in [5.74, 6) is 2.00. The van der Waals surface area contributed by atoms with E-state index in [0.29, 0.717) is 6.04 Å². The molecule has 0 aliphatic rings. The molecule has 1 unspecified atom stereocenters. The van der Waals surface area contributed by atoms with E-state index >= 15 is 0 Å². The number of rotatable bonds is 5. The Morgan fingerprint density at radius 1 is 1.16 bits per heavy atom. The number of thioether (sulfide) groups is 1. The Bertz CT molecular complexity index is 547. The van der Waals surface area contributed by atoms with Gasteiger partial charge in [0.15, 0.2) is 0 Å². The Morgan fingerprint density at radius 3 is 2.53 bits per heavy atom. The van der Waals surface area contributed by atoms with E-state index in [1.54, 1.807) is 6.26 Å². The van der Waals surface area contributed by atoms with Crippen molar-refractivity contribution in [1.29, 1.82) is 0 Å². The molecule has 0 radical (unpaired) electrons. The molecule has 2 rings (SSSR count). The Labute approximate surface area is 119 Å². The van der Waals surface area contributed by atoms with Gasteiger partial charge in [0, 0.05) is 16.7 Å². The van der Waals surface area contributed by atoms with Crippen LogP contribution in [0.15, 0.2) is 39.8 Å². The van der Waals surface area contributed by atoms with Crippen LogP contribution in [0.25, 0.3) is 0 Å². The third kappa shape index (κ3) is 3.43. The fraction of sp³-hybridized carbons (Fsp3) is 0.375. The number of benzene rings is 1. The maximum atomic E-state index is 5.33. The molecule has 1 aromatic heterocycles. The summed E-state index contributed by atoms with van der Waals surface area (Å²) in [5, 5.41) is 3.40. The number of hydrogen-bond acceptors (Lipinski definition) is 3. The molecule has 0 aliphatic heterocycles. The van der Waals surface area contributed by atoms with Crippen molar-refractivity contribution in [1.82, 2.24) is 5.32 Å². The summed E-state index contributed by atoms with van der Waals surface area (Å²) in [7, 11) is 2.02. The normalized spacial score (nSPS) is 12.6. The van der Waals surface area contributed by atoms with Gasteiger partial charge < -0.3 is 9.73 Å². The van der Waals surface area contributed by atoms with Crippen LogP contribution in [0.2, 0.25) is 0 Å². The second-order valence-electron chi connectivity index (χ2n) is 4.84. The molecule has 0 spiro atoms. The first-order valence-corrected chi connectivity index (χ1v) is 7.51. The monoisotopic (exact) mass is 275 g/mol. The molecule has 0 saturated carbocycles. The summed E-state index contributed by atoms with van der Waals surface area (Å²) in [6.45, 7) is 6.32. The van der Waals surface area contributed by atoms with Gasteiger partial charge in [-0.05, 0) is 50.6 Å². The molecule has 1 N–H and O–H groups in total. The van der Waals surface area contributed by atoms with Crippen LogP contribution in [-0.4, -0.2) is 12.8 Å². The van der Waals surface area contributed by atoms with Gasteiger partial charge in [0.05, 0.1) is 6.26 Å². The van der Waals surface area contributed by atoms with Crippen molar-refractivity contribution in [3.63, 3.8) is 0 Å². The van der Waals surface area contributed by atoms with Gasteiger partial charge in [-0.25, -0.2) is 0 Å². The van der Waals surface area contributed by atoms with E-state index in [1.807, 2.05) is 31.8 Å². The van der Waals surface area contributed by atoms with Gasteiger partial charge in [0.1, 0.15) is 5.76 Å². The number of hydrogen-bond donors (Lipinski definition) is 1. The van der Waals surface area contributed by atoms with Crippen molar-refractivity contribution in [3.8, 4) is 0 Å². The molecule has 1 aromatic carbocycles. The third-order valence-corrected chi connectivity index (χ3v) is 4.73. The Morgan fingerprint density at radius 2 is 1.95 bits per heavy atom. The van der Waals surface area contributed by atoms with E-state index < -0.39 is 0 Å². The van der Waals surface area contributed by atoms with E-state index in [9.17, 15) is 0 Å². The zero-order valence-electron chi connectivity index (χ0n) is 12.0. The lowest BCUT2D eigenvalue weighted by Crippen LogP contribution is -2.18. The van der Waals surface area contributed by atoms with Gasteiger partial charge in [-0.3, -0.25) is 0 Å². The molecule has 102 valence electrons. The van der Waals surface area contributed by atoms with Gasteiger partial charge in [-0.1, -0.05) is 18.2 Å². The van der Waals surface area contributed by atoms with Crippen molar-refractivity contribution < 1.29 is 4.42 Å². The quantitative estimate of drug-likeness (QED) is 0.825. The average molecular weight is 275 g/mol. The van der Waals surface area contributed by atoms with Crippen molar-refractivity contribution in [2.45, 2.75) is 31.7 Å². The standard InChI is InChI=1S/C16H21NOS/c1-11-5-6-14(9-12(11)2)15(17-4)10-19-16-7-8-18-13(16)3/h5-9,15,17H,10H2,1-4H3. The molecule has 0 fully saturated rings. The smallest absolute Gasteiger partial charge is 0.114 e. The number of nitrogens with one attached hydrogen (secondary N) is 1. The Kier molecular flexibility index (Phi) is 4.72. The maximum absolute atomic E-state index is 5.33. The zero-order chi connectivity index (χ0) is 13.8. The zero-order valence-corrected chi connectivity index (χ0v) is 12.8. The highest BCUT2D eigenvalue weighted by Gasteiger charge is 2.12. The molecule has 19 heavy (non-hydrogen) atoms. The number of aryl methyl sites for hydroxylation is 3. The van der Waals surface area contributed by atoms with Crippen molar-refractivity contribution in [2.75, 3.05) is 12.8 Å². The maximum Gasteiger partial charge on any atom is 0.114 e. The van der Waals surface area contributed by atoms with Crippen LogP contribution in [0, 0.1) is 20.8 Å². The lowest BCUT2D eigenvalue weighted by Gasteiger charge is -2.17. The molecule has 3 heteroatoms. The molecule has 0 amide bonds. The minimum atomic E-state index is 0.360. The minimum absolute atomic E-state index is 0.360. The lowest BCUT2D eigenvalue weighted by molar-refractivity contribution is 0.526. The topological polar surface area (TPSA) is 25.2 Å². The van der Waals surface area contributed by atoms with E-state index in [0.717, 1.165) is 11.5 Å². The van der Waals surface area contributed by atoms with Crippen LogP contribution in [0.4, 0.5) is 0 Å². The predicted octanol–water partition coefficient (Wildman–Crippen LogP) is 4.26. The first kappa shape index (κ1) is 14.2. The van der Waals surface area contributed by atoms with Crippen LogP contribution < -0.4 is 5.32 Å². The minimum Gasteiger partial charge on any atom is -0.468 e. The summed E-state index contributed by atoms with van der Waals surface area (Å²) >= 11 is 1.84. The summed E-state index contributed by atoms with van der Waals surface area (Å²) in [6, 6.07) is 9.08. The second-order valence-corrected chi connectivity index (χ2v) is 5.90. The van der Waals surface area contributed by atoms with E-state index in [1.165, 1.54) is 21.6 Å². The van der Waals surface area contributed by atoms with E-state index in [-0.39, 0.29) is 0 Å². The fourth-order valence-corrected chi connectivity index (χ4v) is 3.13. The molecule has 1 heterocycles. The third-order valence-electron chi connectivity index (χ3n) is 3.50. The van der Waals surface area contributed by atoms with Gasteiger partial charge in [-0.15, -0.1) is 11.8 Å². The van der Waals surface area contributed by atoms with Crippen LogP contribution >= 0.6 is 11.8 Å². The number of furan rings is 1. The molecule has 2 nitrogen and oxygen atoms in total. The van der Waals surface area contributed by atoms with Crippen LogP contribution in [0.1, 0.15) is 28.5 Å². The summed E-state index contributed by atoms with van der Waals surface area (Å²) in [5.41, 5.74) is 4.04. The Balaban J connectivity index is 2.07. The van der Waals surface area contributed by atoms with E-state index in [4.69, 9.17) is 4.42 Å².